The number of likely N-dealkylation sites (tertiary alicyclic amines) is 1. The molecule has 0 bridgehead atoms. The second kappa shape index (κ2) is 5.95. The van der Waals surface area contributed by atoms with Crippen molar-refractivity contribution in [1.29, 1.82) is 0 Å². The molecule has 3 rings (SSSR count). The van der Waals surface area contributed by atoms with E-state index < -0.39 is 0 Å². The fourth-order valence-electron chi connectivity index (χ4n) is 2.85. The maximum atomic E-state index is 12.8. The number of aliphatic hydroxyl groups is 1. The minimum atomic E-state index is -0.0598. The highest BCUT2D eigenvalue weighted by molar-refractivity contribution is 7.21. The maximum absolute atomic E-state index is 12.8. The first-order valence-corrected chi connectivity index (χ1v) is 7.95. The van der Waals surface area contributed by atoms with Gasteiger partial charge in [0.2, 0.25) is 0 Å². The third-order valence-electron chi connectivity index (χ3n) is 3.91. The number of carbonyl (C=O) groups excluding carboxylic acids is 1. The minimum Gasteiger partial charge on any atom is -0.396 e. The van der Waals surface area contributed by atoms with E-state index in [9.17, 15) is 9.90 Å². The van der Waals surface area contributed by atoms with Gasteiger partial charge in [-0.25, -0.2) is 9.97 Å². The molecule has 0 aromatic carbocycles. The van der Waals surface area contributed by atoms with Crippen LogP contribution >= 0.6 is 11.3 Å². The Bertz CT molecular complexity index is 655. The molecule has 1 atom stereocenters. The summed E-state index contributed by atoms with van der Waals surface area (Å²) in [4.78, 5) is 24.3. The van der Waals surface area contributed by atoms with E-state index >= 15 is 0 Å². The van der Waals surface area contributed by atoms with E-state index in [1.54, 1.807) is 12.4 Å². The number of amides is 1. The van der Waals surface area contributed by atoms with Crippen LogP contribution in [0.4, 0.5) is 5.69 Å². The van der Waals surface area contributed by atoms with Gasteiger partial charge in [0, 0.05) is 31.6 Å². The largest absolute Gasteiger partial charge is 0.396 e. The number of hydrogen-bond donors (Lipinski definition) is 2. The summed E-state index contributed by atoms with van der Waals surface area (Å²) in [6.45, 7) is 0.817. The summed E-state index contributed by atoms with van der Waals surface area (Å²) in [6.07, 6.45) is 6.83. The Morgan fingerprint density at radius 2 is 2.24 bits per heavy atom. The van der Waals surface area contributed by atoms with Gasteiger partial charge in [-0.2, -0.15) is 0 Å². The van der Waals surface area contributed by atoms with Gasteiger partial charge in [-0.1, -0.05) is 0 Å². The first-order chi connectivity index (χ1) is 10.2. The zero-order chi connectivity index (χ0) is 14.8. The minimum absolute atomic E-state index is 0.0598. The van der Waals surface area contributed by atoms with Crippen LogP contribution in [0.1, 0.15) is 35.4 Å². The Labute approximate surface area is 126 Å². The number of nitrogen functional groups attached to an aromatic ring is 1. The number of aliphatic hydroxyl groups excluding tert-OH is 1. The molecule has 2 aromatic heterocycles. The van der Waals surface area contributed by atoms with Crippen LogP contribution in [-0.4, -0.2) is 45.1 Å². The van der Waals surface area contributed by atoms with E-state index in [2.05, 4.69) is 9.97 Å². The summed E-state index contributed by atoms with van der Waals surface area (Å²) in [5, 5.41) is 9.18. The molecule has 1 aliphatic heterocycles. The van der Waals surface area contributed by atoms with Crippen LogP contribution in [0.25, 0.3) is 10.3 Å². The lowest BCUT2D eigenvalue weighted by Crippen LogP contribution is -2.44. The van der Waals surface area contributed by atoms with Crippen LogP contribution in [0, 0.1) is 0 Å². The van der Waals surface area contributed by atoms with Crippen LogP contribution < -0.4 is 5.73 Å². The summed E-state index contributed by atoms with van der Waals surface area (Å²) >= 11 is 1.29. The number of piperidine rings is 1. The molecule has 0 saturated carbocycles. The van der Waals surface area contributed by atoms with E-state index in [0.29, 0.717) is 27.3 Å². The van der Waals surface area contributed by atoms with Crippen molar-refractivity contribution in [1.82, 2.24) is 14.9 Å². The standard InChI is InChI=1S/C14H18N4O2S/c15-10-11-13(17-6-5-16-11)21-12(10)14(20)18-7-2-1-3-9(18)4-8-19/h5-6,9,19H,1-4,7-8,15H2. The summed E-state index contributed by atoms with van der Waals surface area (Å²) in [5.74, 6) is -0.0598. The first kappa shape index (κ1) is 14.2. The topological polar surface area (TPSA) is 92.3 Å². The summed E-state index contributed by atoms with van der Waals surface area (Å²) < 4.78 is 0. The first-order valence-electron chi connectivity index (χ1n) is 7.13. The van der Waals surface area contributed by atoms with Gasteiger partial charge in [-0.3, -0.25) is 4.79 Å². The average molecular weight is 306 g/mol. The second-order valence-electron chi connectivity index (χ2n) is 5.22. The normalized spacial score (nSPS) is 19.1. The molecule has 7 heteroatoms. The number of carbonyl (C=O) groups is 1. The molecular formula is C14H18N4O2S. The van der Waals surface area contributed by atoms with Crippen LogP contribution in [0.15, 0.2) is 12.4 Å². The van der Waals surface area contributed by atoms with Crippen molar-refractivity contribution in [2.24, 2.45) is 0 Å². The van der Waals surface area contributed by atoms with Crippen LogP contribution in [-0.2, 0) is 0 Å². The van der Waals surface area contributed by atoms with Gasteiger partial charge in [0.1, 0.15) is 15.2 Å². The molecule has 3 heterocycles. The van der Waals surface area contributed by atoms with Gasteiger partial charge in [0.25, 0.3) is 5.91 Å². The third-order valence-corrected chi connectivity index (χ3v) is 5.00. The molecule has 1 fully saturated rings. The average Bonchev–Trinajstić information content (AvgIpc) is 2.85. The Morgan fingerprint density at radius 1 is 1.43 bits per heavy atom. The quantitative estimate of drug-likeness (QED) is 0.899. The van der Waals surface area contributed by atoms with Gasteiger partial charge >= 0.3 is 0 Å². The number of nitrogens with zero attached hydrogens (tertiary/aromatic N) is 3. The highest BCUT2D eigenvalue weighted by Gasteiger charge is 2.30. The molecule has 6 nitrogen and oxygen atoms in total. The Balaban J connectivity index is 1.93. The fourth-order valence-corrected chi connectivity index (χ4v) is 3.83. The SMILES string of the molecule is Nc1c(C(=O)N2CCCCC2CCO)sc2nccnc12. The molecule has 0 radical (unpaired) electrons. The molecule has 0 aliphatic carbocycles. The summed E-state index contributed by atoms with van der Waals surface area (Å²) in [6, 6.07) is 0.0989. The van der Waals surface area contributed by atoms with E-state index in [0.717, 1.165) is 25.8 Å². The van der Waals surface area contributed by atoms with E-state index in [1.807, 2.05) is 4.90 Å². The van der Waals surface area contributed by atoms with E-state index in [4.69, 9.17) is 5.73 Å². The number of anilines is 1. The number of rotatable bonds is 3. The number of thiophene rings is 1. The number of fused-ring (bicyclic) bond motifs is 1. The van der Waals surface area contributed by atoms with Crippen molar-refractivity contribution in [3.8, 4) is 0 Å². The second-order valence-corrected chi connectivity index (χ2v) is 6.21. The number of aromatic nitrogens is 2. The van der Waals surface area contributed by atoms with Crippen LogP contribution in [0.2, 0.25) is 0 Å². The fraction of sp³-hybridized carbons (Fsp3) is 0.500. The van der Waals surface area contributed by atoms with Crippen molar-refractivity contribution >= 4 is 33.3 Å². The smallest absolute Gasteiger partial charge is 0.266 e. The zero-order valence-corrected chi connectivity index (χ0v) is 12.5. The monoisotopic (exact) mass is 306 g/mol. The maximum Gasteiger partial charge on any atom is 0.266 e. The lowest BCUT2D eigenvalue weighted by Gasteiger charge is -2.35. The zero-order valence-electron chi connectivity index (χ0n) is 11.7. The third kappa shape index (κ3) is 2.58. The number of hydrogen-bond acceptors (Lipinski definition) is 6. The lowest BCUT2D eigenvalue weighted by atomic mass is 9.99. The van der Waals surface area contributed by atoms with E-state index in [-0.39, 0.29) is 18.6 Å². The van der Waals surface area contributed by atoms with Gasteiger partial charge in [0.15, 0.2) is 0 Å². The van der Waals surface area contributed by atoms with Crippen molar-refractivity contribution < 1.29 is 9.90 Å². The Kier molecular flexibility index (Phi) is 4.03. The summed E-state index contributed by atoms with van der Waals surface area (Å²) in [7, 11) is 0. The van der Waals surface area contributed by atoms with Crippen molar-refractivity contribution in [2.75, 3.05) is 18.9 Å². The predicted molar refractivity (Wildman–Crippen MR) is 82.2 cm³/mol. The Hall–Kier alpha value is -1.73. The lowest BCUT2D eigenvalue weighted by molar-refractivity contribution is 0.0580. The molecule has 1 aliphatic rings. The molecule has 1 saturated heterocycles. The molecule has 3 N–H and O–H groups in total. The van der Waals surface area contributed by atoms with Crippen molar-refractivity contribution in [3.05, 3.63) is 17.3 Å². The molecule has 21 heavy (non-hydrogen) atoms. The molecule has 1 unspecified atom stereocenters. The van der Waals surface area contributed by atoms with Gasteiger partial charge in [-0.15, -0.1) is 11.3 Å². The molecule has 112 valence electrons. The highest BCUT2D eigenvalue weighted by Crippen LogP contribution is 2.33. The molecule has 2 aromatic rings. The van der Waals surface area contributed by atoms with Crippen molar-refractivity contribution in [2.45, 2.75) is 31.7 Å². The van der Waals surface area contributed by atoms with Gasteiger partial charge in [0.05, 0.1) is 5.69 Å². The molecular weight excluding hydrogens is 288 g/mol. The summed E-state index contributed by atoms with van der Waals surface area (Å²) in [5.41, 5.74) is 7.09. The van der Waals surface area contributed by atoms with Crippen molar-refractivity contribution in [3.63, 3.8) is 0 Å². The van der Waals surface area contributed by atoms with Crippen LogP contribution in [0.3, 0.4) is 0 Å². The van der Waals surface area contributed by atoms with Crippen LogP contribution in [0.5, 0.6) is 0 Å². The van der Waals surface area contributed by atoms with Gasteiger partial charge in [-0.05, 0) is 25.7 Å². The highest BCUT2D eigenvalue weighted by atomic mass is 32.1. The van der Waals surface area contributed by atoms with Gasteiger partial charge < -0.3 is 15.7 Å². The molecule has 0 spiro atoms. The Morgan fingerprint density at radius 3 is 3.00 bits per heavy atom. The molecule has 1 amide bonds. The van der Waals surface area contributed by atoms with E-state index in [1.165, 1.54) is 11.3 Å². The number of nitrogens with two attached hydrogens (primary N) is 1. The predicted octanol–water partition coefficient (Wildman–Crippen LogP) is 1.65.